The van der Waals surface area contributed by atoms with E-state index in [1.54, 1.807) is 77.3 Å². The molecule has 4 aromatic rings. The van der Waals surface area contributed by atoms with E-state index in [4.69, 9.17) is 11.1 Å². The molecule has 0 aliphatic rings. The summed E-state index contributed by atoms with van der Waals surface area (Å²) in [5.41, 5.74) is 7.92. The van der Waals surface area contributed by atoms with Gasteiger partial charge in [0.25, 0.3) is 29.5 Å². The fourth-order valence-corrected chi connectivity index (χ4v) is 4.90. The summed E-state index contributed by atoms with van der Waals surface area (Å²) in [4.78, 5) is 63.7. The average Bonchev–Trinajstić information content (AvgIpc) is 3.77. The largest absolute Gasteiger partial charge is 0.387 e. The van der Waals surface area contributed by atoms with Gasteiger partial charge in [0.05, 0.1) is 33.8 Å². The molecule has 4 rings (SSSR count). The summed E-state index contributed by atoms with van der Waals surface area (Å²) in [6.45, 7) is 4.50. The maximum absolute atomic E-state index is 13.2. The SMILES string of the molecule is C=C(Br)C(=O)Nc1cc(C(=O)Nc2cc(C(=O)Nc3cc(C(=O)Nc4cc(C(=O)NCCNCC(=N)N)n(C)c4)n(C)c3)n(C)c2)n(C)c1.Cl. The third kappa shape index (κ3) is 9.74. The van der Waals surface area contributed by atoms with Gasteiger partial charge in [-0.25, -0.2) is 0 Å². The first kappa shape index (κ1) is 38.9. The number of carbonyl (C=O) groups excluding carboxylic acids is 5. The van der Waals surface area contributed by atoms with Crippen LogP contribution in [0.1, 0.15) is 42.0 Å². The van der Waals surface area contributed by atoms with Crippen LogP contribution in [-0.2, 0) is 33.0 Å². The number of aryl methyl sites for hydroxylation is 4. The molecule has 0 unspecified atom stereocenters. The first-order valence-electron chi connectivity index (χ1n) is 14.7. The van der Waals surface area contributed by atoms with E-state index in [-0.39, 0.29) is 52.3 Å². The van der Waals surface area contributed by atoms with Crippen LogP contribution in [0.25, 0.3) is 0 Å². The Labute approximate surface area is 301 Å². The van der Waals surface area contributed by atoms with Crippen LogP contribution in [0.2, 0.25) is 0 Å². The molecule has 266 valence electrons. The van der Waals surface area contributed by atoms with Gasteiger partial charge in [-0.1, -0.05) is 6.58 Å². The van der Waals surface area contributed by atoms with E-state index in [9.17, 15) is 24.0 Å². The van der Waals surface area contributed by atoms with Gasteiger partial charge in [0.1, 0.15) is 28.6 Å². The summed E-state index contributed by atoms with van der Waals surface area (Å²) in [7, 11) is 6.64. The van der Waals surface area contributed by atoms with E-state index in [1.165, 1.54) is 18.2 Å². The monoisotopic (exact) mass is 772 g/mol. The lowest BCUT2D eigenvalue weighted by Crippen LogP contribution is -2.36. The Bertz CT molecular complexity index is 1970. The standard InChI is InChI=1S/C31H37BrN12O5.ClH/c1-17(32)27(45)37-18-9-23(42(3)13-18)29(47)39-20-11-25(44(5)15-20)31(49)40-21-10-24(43(4)16-21)30(48)38-19-8-22(41(2)14-19)28(46)36-7-6-35-12-26(33)34;/h8-11,13-16,35H,1,6-7,12H2,2-5H3,(H3,33,34)(H,36,46)(H,37,45)(H,38,48)(H,39,47)(H,40,49);1H. The molecule has 19 heteroatoms. The lowest BCUT2D eigenvalue weighted by Gasteiger charge is -2.06. The number of hydrogen-bond donors (Lipinski definition) is 8. The van der Waals surface area contributed by atoms with Crippen LogP contribution < -0.4 is 37.6 Å². The van der Waals surface area contributed by atoms with Gasteiger partial charge in [0, 0.05) is 66.1 Å². The molecule has 0 saturated carbocycles. The van der Waals surface area contributed by atoms with Crippen molar-refractivity contribution in [1.82, 2.24) is 28.9 Å². The molecule has 5 amide bonds. The molecular weight excluding hydrogens is 736 g/mol. The molecule has 0 aliphatic heterocycles. The molecule has 0 spiro atoms. The highest BCUT2D eigenvalue weighted by atomic mass is 79.9. The van der Waals surface area contributed by atoms with Gasteiger partial charge in [-0.3, -0.25) is 29.4 Å². The van der Waals surface area contributed by atoms with Gasteiger partial charge in [-0.2, -0.15) is 0 Å². The highest BCUT2D eigenvalue weighted by Crippen LogP contribution is 2.21. The van der Waals surface area contributed by atoms with Crippen LogP contribution in [-0.4, -0.2) is 73.3 Å². The number of nitrogens with zero attached hydrogens (tertiary/aromatic N) is 4. The van der Waals surface area contributed by atoms with Crippen molar-refractivity contribution in [2.75, 3.05) is 40.9 Å². The normalized spacial score (nSPS) is 10.5. The van der Waals surface area contributed by atoms with E-state index < -0.39 is 23.6 Å². The van der Waals surface area contributed by atoms with Gasteiger partial charge in [0.2, 0.25) is 0 Å². The summed E-state index contributed by atoms with van der Waals surface area (Å²) in [5.74, 6) is -2.17. The minimum Gasteiger partial charge on any atom is -0.387 e. The Morgan fingerprint density at radius 3 is 1.34 bits per heavy atom. The first-order chi connectivity index (χ1) is 23.1. The predicted molar refractivity (Wildman–Crippen MR) is 197 cm³/mol. The van der Waals surface area contributed by atoms with Gasteiger partial charge < -0.3 is 55.9 Å². The third-order valence-electron chi connectivity index (χ3n) is 7.13. The molecule has 9 N–H and O–H groups in total. The Morgan fingerprint density at radius 2 is 1.00 bits per heavy atom. The zero-order chi connectivity index (χ0) is 36.0. The summed E-state index contributed by atoms with van der Waals surface area (Å²) < 4.78 is 6.38. The van der Waals surface area contributed by atoms with Crippen molar-refractivity contribution >= 4 is 86.5 Å². The smallest absolute Gasteiger partial charge is 0.272 e. The first-order valence-corrected chi connectivity index (χ1v) is 15.5. The fourth-order valence-electron chi connectivity index (χ4n) is 4.80. The Kier molecular flexibility index (Phi) is 13.0. The lowest BCUT2D eigenvalue weighted by molar-refractivity contribution is -0.112. The number of carbonyl (C=O) groups is 5. The quantitative estimate of drug-likeness (QED) is 0.0413. The zero-order valence-corrected chi connectivity index (χ0v) is 30.0. The summed E-state index contributed by atoms with van der Waals surface area (Å²) in [6, 6.07) is 6.08. The number of amides is 5. The van der Waals surface area contributed by atoms with Crippen molar-refractivity contribution in [1.29, 1.82) is 5.41 Å². The second-order valence-corrected chi connectivity index (χ2v) is 12.0. The second-order valence-electron chi connectivity index (χ2n) is 11.1. The van der Waals surface area contributed by atoms with Crippen molar-refractivity contribution in [3.8, 4) is 0 Å². The van der Waals surface area contributed by atoms with E-state index in [1.807, 2.05) is 0 Å². The number of amidine groups is 1. The summed E-state index contributed by atoms with van der Waals surface area (Å²) in [5, 5.41) is 23.8. The number of anilines is 4. The van der Waals surface area contributed by atoms with Crippen molar-refractivity contribution < 1.29 is 24.0 Å². The average molecular weight is 774 g/mol. The molecule has 0 atom stereocenters. The van der Waals surface area contributed by atoms with Gasteiger partial charge in [0.15, 0.2) is 0 Å². The van der Waals surface area contributed by atoms with Crippen LogP contribution >= 0.6 is 28.3 Å². The van der Waals surface area contributed by atoms with Crippen LogP contribution in [0.5, 0.6) is 0 Å². The molecule has 0 bridgehead atoms. The molecule has 0 aliphatic carbocycles. The van der Waals surface area contributed by atoms with Gasteiger partial charge in [-0.15, -0.1) is 12.4 Å². The van der Waals surface area contributed by atoms with E-state index in [0.29, 0.717) is 41.5 Å². The zero-order valence-electron chi connectivity index (χ0n) is 27.6. The number of rotatable bonds is 14. The molecule has 0 aromatic carbocycles. The van der Waals surface area contributed by atoms with Crippen LogP contribution in [0.15, 0.2) is 60.1 Å². The maximum atomic E-state index is 13.2. The van der Waals surface area contributed by atoms with Crippen molar-refractivity contribution in [2.24, 2.45) is 33.9 Å². The van der Waals surface area contributed by atoms with E-state index in [2.05, 4.69) is 54.4 Å². The van der Waals surface area contributed by atoms with E-state index >= 15 is 0 Å². The number of aromatic nitrogens is 4. The van der Waals surface area contributed by atoms with Gasteiger partial charge in [-0.05, 0) is 40.2 Å². The summed E-state index contributed by atoms with van der Waals surface area (Å²) >= 11 is 3.01. The third-order valence-corrected chi connectivity index (χ3v) is 7.49. The predicted octanol–water partition coefficient (Wildman–Crippen LogP) is 2.32. The summed E-state index contributed by atoms with van der Waals surface area (Å²) in [6.07, 6.45) is 6.35. The Hall–Kier alpha value is -5.59. The molecular formula is C31H38BrClN12O5. The number of hydrogen-bond acceptors (Lipinski definition) is 7. The van der Waals surface area contributed by atoms with Crippen molar-refractivity contribution in [3.63, 3.8) is 0 Å². The topological polar surface area (TPSA) is 227 Å². The van der Waals surface area contributed by atoms with Crippen LogP contribution in [0.4, 0.5) is 22.7 Å². The fraction of sp³-hybridized carbons (Fsp3) is 0.226. The molecule has 0 radical (unpaired) electrons. The highest BCUT2D eigenvalue weighted by molar-refractivity contribution is 9.12. The van der Waals surface area contributed by atoms with Crippen LogP contribution in [0, 0.1) is 5.41 Å². The second kappa shape index (κ2) is 16.7. The molecule has 17 nitrogen and oxygen atoms in total. The molecule has 4 aromatic heterocycles. The van der Waals surface area contributed by atoms with Gasteiger partial charge >= 0.3 is 0 Å². The molecule has 0 fully saturated rings. The minimum absolute atomic E-state index is 0. The molecule has 50 heavy (non-hydrogen) atoms. The number of halogens is 2. The Balaban J connectivity index is 0.00000676. The molecule has 0 saturated heterocycles. The minimum atomic E-state index is -0.477. The van der Waals surface area contributed by atoms with E-state index in [0.717, 1.165) is 0 Å². The maximum Gasteiger partial charge on any atom is 0.272 e. The van der Waals surface area contributed by atoms with Crippen molar-refractivity contribution in [3.05, 3.63) is 82.9 Å². The highest BCUT2D eigenvalue weighted by Gasteiger charge is 2.20. The van der Waals surface area contributed by atoms with Crippen molar-refractivity contribution in [2.45, 2.75) is 0 Å². The van der Waals surface area contributed by atoms with Crippen LogP contribution in [0.3, 0.4) is 0 Å². The Morgan fingerprint density at radius 1 is 0.660 bits per heavy atom. The lowest BCUT2D eigenvalue weighted by atomic mass is 10.3. The number of nitrogens with one attached hydrogen (secondary N) is 7. The number of nitrogens with two attached hydrogens (primary N) is 1. The molecule has 4 heterocycles.